The molecule has 1 saturated heterocycles. The molecule has 2 fully saturated rings. The van der Waals surface area contributed by atoms with E-state index in [4.69, 9.17) is 4.74 Å². The van der Waals surface area contributed by atoms with E-state index < -0.39 is 5.60 Å². The number of hydrogen-bond donors (Lipinski definition) is 1. The third-order valence-electron chi connectivity index (χ3n) is 6.15. The Labute approximate surface area is 143 Å². The summed E-state index contributed by atoms with van der Waals surface area (Å²) in [6.45, 7) is 8.04. The number of carbonyl (C=O) groups is 1. The quantitative estimate of drug-likeness (QED) is 0.908. The molecule has 1 saturated carbocycles. The standard InChI is InChI=1S/C20H27NO3/c1-13(2)14-4-5-17-15(10-14)20(7-9-24-17)11-16(20)18(22)21-8-6-19(3,23)12-21/h4-5,10,13,16,23H,6-9,11-12H2,1-3H3/t16-,19?,20-/m0/s1. The monoisotopic (exact) mass is 329 g/mol. The molecule has 1 aromatic carbocycles. The summed E-state index contributed by atoms with van der Waals surface area (Å²) >= 11 is 0. The summed E-state index contributed by atoms with van der Waals surface area (Å²) in [5, 5.41) is 10.2. The molecule has 0 radical (unpaired) electrons. The predicted octanol–water partition coefficient (Wildman–Crippen LogP) is 2.83. The van der Waals surface area contributed by atoms with Crippen molar-refractivity contribution in [3.63, 3.8) is 0 Å². The first-order valence-electron chi connectivity index (χ1n) is 9.11. The van der Waals surface area contributed by atoms with Gasteiger partial charge in [0.05, 0.1) is 12.2 Å². The molecule has 1 spiro atoms. The van der Waals surface area contributed by atoms with Crippen molar-refractivity contribution in [1.82, 2.24) is 4.90 Å². The lowest BCUT2D eigenvalue weighted by Gasteiger charge is -2.29. The first kappa shape index (κ1) is 15.9. The number of hydrogen-bond acceptors (Lipinski definition) is 3. The number of carbonyl (C=O) groups excluding carboxylic acids is 1. The van der Waals surface area contributed by atoms with Gasteiger partial charge in [-0.2, -0.15) is 0 Å². The molecule has 4 nitrogen and oxygen atoms in total. The summed E-state index contributed by atoms with van der Waals surface area (Å²) in [5.41, 5.74) is 1.77. The highest BCUT2D eigenvalue weighted by molar-refractivity contribution is 5.85. The van der Waals surface area contributed by atoms with Gasteiger partial charge in [-0.05, 0) is 43.7 Å². The van der Waals surface area contributed by atoms with Crippen molar-refractivity contribution < 1.29 is 14.6 Å². The van der Waals surface area contributed by atoms with Crippen molar-refractivity contribution in [1.29, 1.82) is 0 Å². The Morgan fingerprint density at radius 2 is 2.17 bits per heavy atom. The van der Waals surface area contributed by atoms with E-state index in [1.54, 1.807) is 0 Å². The molecule has 4 rings (SSSR count). The minimum Gasteiger partial charge on any atom is -0.493 e. The Bertz CT molecular complexity index is 681. The maximum absolute atomic E-state index is 13.0. The Morgan fingerprint density at radius 3 is 2.83 bits per heavy atom. The molecule has 3 aliphatic rings. The van der Waals surface area contributed by atoms with Crippen LogP contribution in [-0.2, 0) is 10.2 Å². The highest BCUT2D eigenvalue weighted by Crippen LogP contribution is 2.61. The third kappa shape index (κ3) is 2.43. The molecular weight excluding hydrogens is 302 g/mol. The van der Waals surface area contributed by atoms with E-state index >= 15 is 0 Å². The number of nitrogens with zero attached hydrogens (tertiary/aromatic N) is 1. The number of aliphatic hydroxyl groups is 1. The van der Waals surface area contributed by atoms with E-state index in [9.17, 15) is 9.90 Å². The molecule has 130 valence electrons. The van der Waals surface area contributed by atoms with Gasteiger partial charge in [0.1, 0.15) is 5.75 Å². The Kier molecular flexibility index (Phi) is 3.47. The van der Waals surface area contributed by atoms with Crippen LogP contribution in [0.3, 0.4) is 0 Å². The molecule has 0 bridgehead atoms. The molecule has 2 aliphatic heterocycles. The van der Waals surface area contributed by atoms with Crippen LogP contribution in [0.4, 0.5) is 0 Å². The second kappa shape index (κ2) is 5.22. The fourth-order valence-corrected chi connectivity index (χ4v) is 4.46. The first-order valence-corrected chi connectivity index (χ1v) is 9.11. The topological polar surface area (TPSA) is 49.8 Å². The zero-order valence-corrected chi connectivity index (χ0v) is 14.8. The molecule has 2 heterocycles. The molecule has 4 heteroatoms. The summed E-state index contributed by atoms with van der Waals surface area (Å²) in [7, 11) is 0. The lowest BCUT2D eigenvalue weighted by atomic mass is 9.85. The number of ether oxygens (including phenoxy) is 1. The van der Waals surface area contributed by atoms with Crippen LogP contribution in [0.5, 0.6) is 5.75 Å². The first-order chi connectivity index (χ1) is 11.3. The van der Waals surface area contributed by atoms with Crippen molar-refractivity contribution in [3.05, 3.63) is 29.3 Å². The van der Waals surface area contributed by atoms with Gasteiger partial charge in [0.2, 0.25) is 5.91 Å². The van der Waals surface area contributed by atoms with Crippen LogP contribution in [0.2, 0.25) is 0 Å². The van der Waals surface area contributed by atoms with Gasteiger partial charge < -0.3 is 14.7 Å². The average molecular weight is 329 g/mol. The van der Waals surface area contributed by atoms with Crippen molar-refractivity contribution in [2.75, 3.05) is 19.7 Å². The van der Waals surface area contributed by atoms with Crippen LogP contribution in [0.15, 0.2) is 18.2 Å². The van der Waals surface area contributed by atoms with Crippen LogP contribution >= 0.6 is 0 Å². The highest BCUT2D eigenvalue weighted by atomic mass is 16.5. The predicted molar refractivity (Wildman–Crippen MR) is 92.2 cm³/mol. The third-order valence-corrected chi connectivity index (χ3v) is 6.15. The van der Waals surface area contributed by atoms with Gasteiger partial charge in [0.15, 0.2) is 0 Å². The molecule has 1 aromatic rings. The van der Waals surface area contributed by atoms with E-state index in [-0.39, 0.29) is 17.2 Å². The maximum Gasteiger partial charge on any atom is 0.226 e. The number of fused-ring (bicyclic) bond motifs is 2. The van der Waals surface area contributed by atoms with Crippen LogP contribution in [-0.4, -0.2) is 41.2 Å². The zero-order chi connectivity index (χ0) is 17.1. The van der Waals surface area contributed by atoms with E-state index in [0.717, 1.165) is 18.6 Å². The Morgan fingerprint density at radius 1 is 1.38 bits per heavy atom. The van der Waals surface area contributed by atoms with Gasteiger partial charge in [0.25, 0.3) is 0 Å². The molecule has 1 unspecified atom stereocenters. The SMILES string of the molecule is CC(C)c1ccc2c(c1)[C@]1(CCO2)C[C@H]1C(=O)N1CCC(C)(O)C1. The van der Waals surface area contributed by atoms with Gasteiger partial charge in [-0.25, -0.2) is 0 Å². The summed E-state index contributed by atoms with van der Waals surface area (Å²) in [5.74, 6) is 1.69. The van der Waals surface area contributed by atoms with Crippen LogP contribution in [0.25, 0.3) is 0 Å². The van der Waals surface area contributed by atoms with Crippen molar-refractivity contribution in [2.45, 2.75) is 57.0 Å². The number of amides is 1. The summed E-state index contributed by atoms with van der Waals surface area (Å²) in [6.07, 6.45) is 2.51. The molecule has 3 atom stereocenters. The highest BCUT2D eigenvalue weighted by Gasteiger charge is 2.62. The van der Waals surface area contributed by atoms with Gasteiger partial charge in [0, 0.05) is 30.0 Å². The zero-order valence-electron chi connectivity index (χ0n) is 14.8. The molecular formula is C20H27NO3. The van der Waals surface area contributed by atoms with E-state index in [2.05, 4.69) is 32.0 Å². The van der Waals surface area contributed by atoms with Gasteiger partial charge in [-0.15, -0.1) is 0 Å². The minimum atomic E-state index is -0.726. The largest absolute Gasteiger partial charge is 0.493 e. The van der Waals surface area contributed by atoms with Gasteiger partial charge >= 0.3 is 0 Å². The fourth-order valence-electron chi connectivity index (χ4n) is 4.46. The van der Waals surface area contributed by atoms with Crippen LogP contribution < -0.4 is 4.74 Å². The van der Waals surface area contributed by atoms with Crippen molar-refractivity contribution in [2.24, 2.45) is 5.92 Å². The smallest absolute Gasteiger partial charge is 0.226 e. The Balaban J connectivity index is 1.61. The van der Waals surface area contributed by atoms with Crippen LogP contribution in [0.1, 0.15) is 57.1 Å². The second-order valence-electron chi connectivity index (χ2n) is 8.43. The van der Waals surface area contributed by atoms with Crippen molar-refractivity contribution in [3.8, 4) is 5.75 Å². The van der Waals surface area contributed by atoms with Crippen LogP contribution in [0, 0.1) is 5.92 Å². The van der Waals surface area contributed by atoms with E-state index in [1.807, 2.05) is 11.8 Å². The number of β-amino-alcohol motifs (C(OH)–C–C–N with tert-alkyl or cyclic N) is 1. The molecule has 1 N–H and O–H groups in total. The lowest BCUT2D eigenvalue weighted by molar-refractivity contribution is -0.133. The lowest BCUT2D eigenvalue weighted by Crippen LogP contribution is -2.37. The second-order valence-corrected chi connectivity index (χ2v) is 8.43. The summed E-state index contributed by atoms with van der Waals surface area (Å²) in [6, 6.07) is 6.47. The number of benzene rings is 1. The summed E-state index contributed by atoms with van der Waals surface area (Å²) in [4.78, 5) is 14.8. The van der Waals surface area contributed by atoms with Crippen molar-refractivity contribution >= 4 is 5.91 Å². The Hall–Kier alpha value is -1.55. The molecule has 1 amide bonds. The molecule has 1 aliphatic carbocycles. The minimum absolute atomic E-state index is 0.0377. The number of likely N-dealkylation sites (tertiary alicyclic amines) is 1. The average Bonchev–Trinajstić information content (AvgIpc) is 3.13. The van der Waals surface area contributed by atoms with Gasteiger partial charge in [-0.3, -0.25) is 4.79 Å². The molecule has 0 aromatic heterocycles. The summed E-state index contributed by atoms with van der Waals surface area (Å²) < 4.78 is 5.86. The normalized spacial score (nSPS) is 34.4. The molecule has 24 heavy (non-hydrogen) atoms. The van der Waals surface area contributed by atoms with E-state index in [0.29, 0.717) is 32.0 Å². The number of rotatable bonds is 2. The maximum atomic E-state index is 13.0. The van der Waals surface area contributed by atoms with E-state index in [1.165, 1.54) is 11.1 Å². The van der Waals surface area contributed by atoms with Gasteiger partial charge in [-0.1, -0.05) is 26.0 Å². The fraction of sp³-hybridized carbons (Fsp3) is 0.650.